The number of benzene rings is 1. The van der Waals surface area contributed by atoms with Crippen LogP contribution in [0, 0.1) is 0 Å². The Kier molecular flexibility index (Phi) is 3.21. The number of hydrogen-bond acceptors (Lipinski definition) is 2. The fourth-order valence-electron chi connectivity index (χ4n) is 2.18. The zero-order valence-electron chi connectivity index (χ0n) is 10.3. The lowest BCUT2D eigenvalue weighted by molar-refractivity contribution is 0.663. The predicted octanol–water partition coefficient (Wildman–Crippen LogP) is 3.21. The molecule has 0 saturated carbocycles. The van der Waals surface area contributed by atoms with Crippen molar-refractivity contribution in [2.45, 2.75) is 12.4 Å². The smallest absolute Gasteiger partial charge is 0.125 e. The Bertz CT molecular complexity index is 729. The minimum atomic E-state index is 0.350. The lowest BCUT2D eigenvalue weighted by atomic mass is 10.3. The third kappa shape index (κ3) is 2.11. The van der Waals surface area contributed by atoms with Crippen LogP contribution in [0.2, 0.25) is 5.02 Å². The Hall–Kier alpha value is -1.52. The van der Waals surface area contributed by atoms with Gasteiger partial charge in [-0.25, -0.2) is 4.98 Å². The van der Waals surface area contributed by atoms with Gasteiger partial charge >= 0.3 is 0 Å². The van der Waals surface area contributed by atoms with E-state index < -0.39 is 0 Å². The summed E-state index contributed by atoms with van der Waals surface area (Å²) in [5.41, 5.74) is 2.86. The number of hydrogen-bond donors (Lipinski definition) is 0. The van der Waals surface area contributed by atoms with Crippen LogP contribution in [0.4, 0.5) is 0 Å². The van der Waals surface area contributed by atoms with E-state index in [0.29, 0.717) is 17.4 Å². The van der Waals surface area contributed by atoms with Crippen LogP contribution in [0.5, 0.6) is 0 Å². The summed E-state index contributed by atoms with van der Waals surface area (Å²) in [7, 11) is 1.91. The van der Waals surface area contributed by atoms with Gasteiger partial charge in [-0.05, 0) is 18.2 Å². The van der Waals surface area contributed by atoms with Crippen LogP contribution < -0.4 is 0 Å². The fraction of sp³-hybridized carbons (Fsp3) is 0.231. The molecule has 0 unspecified atom stereocenters. The Morgan fingerprint density at radius 2 is 2.11 bits per heavy atom. The lowest BCUT2D eigenvalue weighted by Gasteiger charge is -2.08. The van der Waals surface area contributed by atoms with Crippen LogP contribution >= 0.6 is 23.2 Å². The third-order valence-electron chi connectivity index (χ3n) is 3.16. The van der Waals surface area contributed by atoms with Crippen molar-refractivity contribution in [3.05, 3.63) is 47.0 Å². The highest BCUT2D eigenvalue weighted by atomic mass is 35.5. The van der Waals surface area contributed by atoms with Crippen molar-refractivity contribution in [1.82, 2.24) is 19.3 Å². The fourth-order valence-corrected chi connectivity index (χ4v) is 2.66. The number of aromatic nitrogens is 4. The molecule has 0 aliphatic carbocycles. The first-order chi connectivity index (χ1) is 9.20. The van der Waals surface area contributed by atoms with Crippen molar-refractivity contribution in [2.24, 2.45) is 7.05 Å². The van der Waals surface area contributed by atoms with Crippen molar-refractivity contribution in [1.29, 1.82) is 0 Å². The summed E-state index contributed by atoms with van der Waals surface area (Å²) in [5.74, 6) is 1.16. The van der Waals surface area contributed by atoms with Gasteiger partial charge in [-0.2, -0.15) is 5.10 Å². The summed E-state index contributed by atoms with van der Waals surface area (Å²) in [4.78, 5) is 4.52. The second-order valence-corrected chi connectivity index (χ2v) is 4.98. The van der Waals surface area contributed by atoms with Gasteiger partial charge in [0.25, 0.3) is 0 Å². The van der Waals surface area contributed by atoms with Crippen LogP contribution in [0.3, 0.4) is 0 Å². The van der Waals surface area contributed by atoms with E-state index in [1.807, 2.05) is 40.6 Å². The Morgan fingerprint density at radius 3 is 2.79 bits per heavy atom. The molecule has 1 aromatic carbocycles. The molecule has 0 aliphatic rings. The maximum absolute atomic E-state index is 6.29. The molecule has 6 heteroatoms. The highest BCUT2D eigenvalue weighted by Gasteiger charge is 2.14. The normalized spacial score (nSPS) is 11.3. The van der Waals surface area contributed by atoms with Gasteiger partial charge in [-0.15, -0.1) is 11.6 Å². The molecule has 4 nitrogen and oxygen atoms in total. The Labute approximate surface area is 120 Å². The molecule has 0 spiro atoms. The minimum absolute atomic E-state index is 0.350. The first-order valence-electron chi connectivity index (χ1n) is 5.87. The predicted molar refractivity (Wildman–Crippen MR) is 76.6 cm³/mol. The number of rotatable bonds is 3. The molecule has 2 heterocycles. The minimum Gasteiger partial charge on any atom is -0.320 e. The van der Waals surface area contributed by atoms with Crippen molar-refractivity contribution >= 4 is 34.2 Å². The highest BCUT2D eigenvalue weighted by Crippen LogP contribution is 2.26. The van der Waals surface area contributed by atoms with Crippen LogP contribution in [-0.4, -0.2) is 19.3 Å². The molecular weight excluding hydrogens is 283 g/mol. The first kappa shape index (κ1) is 12.5. The van der Waals surface area contributed by atoms with Crippen molar-refractivity contribution in [3.8, 4) is 0 Å². The SMILES string of the molecule is Cn1nccc1Cn1c(CCl)nc2cccc(Cl)c21. The second kappa shape index (κ2) is 4.87. The molecule has 0 N–H and O–H groups in total. The summed E-state index contributed by atoms with van der Waals surface area (Å²) >= 11 is 12.3. The standard InChI is InChI=1S/C13H12Cl2N4/c1-18-9(5-6-16-18)8-19-12(7-14)17-11-4-2-3-10(15)13(11)19/h2-6H,7-8H2,1H3. The van der Waals surface area contributed by atoms with E-state index in [4.69, 9.17) is 23.2 Å². The van der Waals surface area contributed by atoms with E-state index in [-0.39, 0.29) is 0 Å². The molecule has 0 fully saturated rings. The average Bonchev–Trinajstić information content (AvgIpc) is 2.96. The zero-order chi connectivity index (χ0) is 13.4. The average molecular weight is 295 g/mol. The molecule has 19 heavy (non-hydrogen) atoms. The van der Waals surface area contributed by atoms with Crippen molar-refractivity contribution in [2.75, 3.05) is 0 Å². The molecule has 2 aromatic heterocycles. The maximum Gasteiger partial charge on any atom is 0.125 e. The summed E-state index contributed by atoms with van der Waals surface area (Å²) in [6.45, 7) is 0.652. The highest BCUT2D eigenvalue weighted by molar-refractivity contribution is 6.35. The topological polar surface area (TPSA) is 35.6 Å². The van der Waals surface area contributed by atoms with Gasteiger partial charge < -0.3 is 4.57 Å². The number of imidazole rings is 1. The number of fused-ring (bicyclic) bond motifs is 1. The molecule has 0 aliphatic heterocycles. The molecule has 0 radical (unpaired) electrons. The lowest BCUT2D eigenvalue weighted by Crippen LogP contribution is -2.08. The van der Waals surface area contributed by atoms with E-state index in [1.54, 1.807) is 6.20 Å². The molecular formula is C13H12Cl2N4. The summed E-state index contributed by atoms with van der Waals surface area (Å²) in [5, 5.41) is 4.86. The van der Waals surface area contributed by atoms with Gasteiger partial charge in [-0.1, -0.05) is 17.7 Å². The Balaban J connectivity index is 2.18. The zero-order valence-corrected chi connectivity index (χ0v) is 11.9. The van der Waals surface area contributed by atoms with Gasteiger partial charge in [0.05, 0.1) is 34.2 Å². The van der Waals surface area contributed by atoms with Gasteiger partial charge in [0.15, 0.2) is 0 Å². The second-order valence-electron chi connectivity index (χ2n) is 4.30. The largest absolute Gasteiger partial charge is 0.320 e. The summed E-state index contributed by atoms with van der Waals surface area (Å²) in [6.07, 6.45) is 1.77. The molecule has 0 saturated heterocycles. The van der Waals surface area contributed by atoms with Gasteiger partial charge in [0, 0.05) is 13.2 Å². The van der Waals surface area contributed by atoms with Crippen LogP contribution in [0.25, 0.3) is 11.0 Å². The quantitative estimate of drug-likeness (QED) is 0.696. The van der Waals surface area contributed by atoms with E-state index in [9.17, 15) is 0 Å². The van der Waals surface area contributed by atoms with Gasteiger partial charge in [0.2, 0.25) is 0 Å². The van der Waals surface area contributed by atoms with Crippen molar-refractivity contribution in [3.63, 3.8) is 0 Å². The summed E-state index contributed by atoms with van der Waals surface area (Å²) in [6, 6.07) is 7.67. The number of alkyl halides is 1. The number of halogens is 2. The van der Waals surface area contributed by atoms with Crippen molar-refractivity contribution < 1.29 is 0 Å². The molecule has 0 atom stereocenters. The molecule has 0 amide bonds. The van der Waals surface area contributed by atoms with Gasteiger partial charge in [0.1, 0.15) is 5.82 Å². The van der Waals surface area contributed by atoms with Crippen LogP contribution in [0.15, 0.2) is 30.5 Å². The van der Waals surface area contributed by atoms with Crippen LogP contribution in [0.1, 0.15) is 11.5 Å². The molecule has 0 bridgehead atoms. The van der Waals surface area contributed by atoms with E-state index in [2.05, 4.69) is 10.1 Å². The van der Waals surface area contributed by atoms with E-state index in [0.717, 1.165) is 22.6 Å². The molecule has 3 rings (SSSR count). The molecule has 98 valence electrons. The Morgan fingerprint density at radius 1 is 1.26 bits per heavy atom. The van der Waals surface area contributed by atoms with E-state index in [1.165, 1.54) is 0 Å². The maximum atomic E-state index is 6.29. The number of nitrogens with zero attached hydrogens (tertiary/aromatic N) is 4. The first-order valence-corrected chi connectivity index (χ1v) is 6.78. The monoisotopic (exact) mass is 294 g/mol. The third-order valence-corrected chi connectivity index (χ3v) is 3.70. The number of aryl methyl sites for hydroxylation is 1. The number of para-hydroxylation sites is 1. The molecule has 3 aromatic rings. The summed E-state index contributed by atoms with van der Waals surface area (Å²) < 4.78 is 3.88. The van der Waals surface area contributed by atoms with Gasteiger partial charge in [-0.3, -0.25) is 4.68 Å². The van der Waals surface area contributed by atoms with Crippen LogP contribution in [-0.2, 0) is 19.5 Å². The van der Waals surface area contributed by atoms with E-state index >= 15 is 0 Å².